The van der Waals surface area contributed by atoms with Crippen LogP contribution in [0.2, 0.25) is 0 Å². The molecule has 0 amide bonds. The van der Waals surface area contributed by atoms with Crippen molar-refractivity contribution >= 4 is 53.3 Å². The Morgan fingerprint density at radius 3 is 2.19 bits per heavy atom. The molecule has 42 heavy (non-hydrogen) atoms. The van der Waals surface area contributed by atoms with E-state index in [9.17, 15) is 10.5 Å². The Balaban J connectivity index is 1.37. The molecule has 5 heteroatoms. The monoisotopic (exact) mass is 552 g/mol. The Bertz CT molecular complexity index is 2440. The van der Waals surface area contributed by atoms with Crippen molar-refractivity contribution in [3.8, 4) is 40.1 Å². The van der Waals surface area contributed by atoms with E-state index < -0.39 is 0 Å². The molecule has 0 aliphatic rings. The van der Waals surface area contributed by atoms with E-state index in [1.165, 1.54) is 20.2 Å². The first-order valence-electron chi connectivity index (χ1n) is 13.6. The van der Waals surface area contributed by atoms with Gasteiger partial charge in [0.15, 0.2) is 0 Å². The normalized spacial score (nSPS) is 11.3. The van der Waals surface area contributed by atoms with Gasteiger partial charge in [-0.2, -0.15) is 10.5 Å². The van der Waals surface area contributed by atoms with Gasteiger partial charge in [0.2, 0.25) is 0 Å². The van der Waals surface area contributed by atoms with E-state index in [2.05, 4.69) is 76.3 Å². The Labute approximate surface area is 245 Å². The van der Waals surface area contributed by atoms with E-state index in [-0.39, 0.29) is 0 Å². The van der Waals surface area contributed by atoms with Gasteiger partial charge in [0, 0.05) is 48.3 Å². The highest BCUT2D eigenvalue weighted by Gasteiger charge is 2.18. The van der Waals surface area contributed by atoms with Crippen LogP contribution >= 0.6 is 11.3 Å². The largest absolute Gasteiger partial charge is 0.308 e. The smallest absolute Gasteiger partial charge is 0.148 e. The average Bonchev–Trinajstić information content (AvgIpc) is 3.58. The fraction of sp³-hybridized carbons (Fsp3) is 0. The summed E-state index contributed by atoms with van der Waals surface area (Å²) in [5.74, 6) is 0. The van der Waals surface area contributed by atoms with Crippen LogP contribution in [0.15, 0.2) is 121 Å². The minimum Gasteiger partial charge on any atom is -0.308 e. The fourth-order valence-corrected chi connectivity index (χ4v) is 7.12. The standard InChI is InChI=1S/C37H20N4S/c38-20-25-16-24(29-17-26(22-40-32(29)21-39)23-8-2-1-3-9-23)14-15-33(25)41-34-12-6-4-10-27(34)30-19-37-31(18-35(30)41)28-11-5-7-13-36(28)42-37/h1-19,22H. The highest BCUT2D eigenvalue weighted by molar-refractivity contribution is 7.25. The molecule has 4 nitrogen and oxygen atoms in total. The number of nitriles is 2. The maximum Gasteiger partial charge on any atom is 0.148 e. The molecule has 0 fully saturated rings. The van der Waals surface area contributed by atoms with Crippen LogP contribution in [0.25, 0.3) is 69.9 Å². The van der Waals surface area contributed by atoms with Gasteiger partial charge in [-0.3, -0.25) is 0 Å². The molecule has 3 heterocycles. The maximum absolute atomic E-state index is 10.4. The van der Waals surface area contributed by atoms with Gasteiger partial charge in [0.1, 0.15) is 17.8 Å². The summed E-state index contributed by atoms with van der Waals surface area (Å²) >= 11 is 1.81. The Hall–Kier alpha value is -5.75. The molecule has 0 spiro atoms. The van der Waals surface area contributed by atoms with E-state index >= 15 is 0 Å². The number of pyridine rings is 1. The zero-order valence-corrected chi connectivity index (χ0v) is 23.1. The summed E-state index contributed by atoms with van der Waals surface area (Å²) in [6.07, 6.45) is 1.73. The van der Waals surface area contributed by atoms with Gasteiger partial charge in [-0.25, -0.2) is 4.98 Å². The molecule has 0 atom stereocenters. The molecule has 3 aromatic heterocycles. The third kappa shape index (κ3) is 3.62. The van der Waals surface area contributed by atoms with Crippen molar-refractivity contribution in [3.05, 3.63) is 133 Å². The first-order valence-corrected chi connectivity index (χ1v) is 14.4. The molecule has 0 N–H and O–H groups in total. The van der Waals surface area contributed by atoms with E-state index in [4.69, 9.17) is 0 Å². The number of hydrogen-bond donors (Lipinski definition) is 0. The second kappa shape index (κ2) is 9.42. The first-order chi connectivity index (χ1) is 20.7. The van der Waals surface area contributed by atoms with Crippen molar-refractivity contribution in [1.82, 2.24) is 9.55 Å². The predicted molar refractivity (Wildman–Crippen MR) is 172 cm³/mol. The van der Waals surface area contributed by atoms with Gasteiger partial charge in [-0.1, -0.05) is 72.8 Å². The molecule has 5 aromatic carbocycles. The third-order valence-electron chi connectivity index (χ3n) is 7.94. The zero-order valence-electron chi connectivity index (χ0n) is 22.2. The van der Waals surface area contributed by atoms with Crippen LogP contribution in [0.4, 0.5) is 0 Å². The first kappa shape index (κ1) is 24.1. The quantitative estimate of drug-likeness (QED) is 0.219. The van der Waals surface area contributed by atoms with Crippen molar-refractivity contribution < 1.29 is 0 Å². The number of hydrogen-bond acceptors (Lipinski definition) is 4. The van der Waals surface area contributed by atoms with Crippen molar-refractivity contribution in [2.75, 3.05) is 0 Å². The molecule has 0 aliphatic carbocycles. The molecule has 8 aromatic rings. The third-order valence-corrected chi connectivity index (χ3v) is 9.07. The highest BCUT2D eigenvalue weighted by atomic mass is 32.1. The minimum absolute atomic E-state index is 0.329. The highest BCUT2D eigenvalue weighted by Crippen LogP contribution is 2.41. The molecule has 0 aliphatic heterocycles. The molecular formula is C37H20N4S. The van der Waals surface area contributed by atoms with Crippen LogP contribution in [-0.2, 0) is 0 Å². The predicted octanol–water partition coefficient (Wildman–Crippen LogP) is 9.62. The topological polar surface area (TPSA) is 65.4 Å². The van der Waals surface area contributed by atoms with E-state index in [1.807, 2.05) is 60.7 Å². The minimum atomic E-state index is 0.329. The molecular weight excluding hydrogens is 533 g/mol. The molecule has 0 unspecified atom stereocenters. The molecule has 0 saturated carbocycles. The molecule has 8 rings (SSSR count). The summed E-state index contributed by atoms with van der Waals surface area (Å²) in [5.41, 5.74) is 7.18. The van der Waals surface area contributed by atoms with E-state index in [1.54, 1.807) is 17.5 Å². The summed E-state index contributed by atoms with van der Waals surface area (Å²) < 4.78 is 4.71. The molecule has 0 bridgehead atoms. The Morgan fingerprint density at radius 2 is 1.36 bits per heavy atom. The van der Waals surface area contributed by atoms with E-state index in [0.717, 1.165) is 44.2 Å². The van der Waals surface area contributed by atoms with Crippen molar-refractivity contribution in [2.45, 2.75) is 0 Å². The summed E-state index contributed by atoms with van der Waals surface area (Å²) in [5, 5.41) is 25.1. The van der Waals surface area contributed by atoms with Crippen LogP contribution in [0.5, 0.6) is 0 Å². The lowest BCUT2D eigenvalue weighted by molar-refractivity contribution is 1.17. The second-order valence-corrected chi connectivity index (χ2v) is 11.3. The van der Waals surface area contributed by atoms with Crippen LogP contribution in [0, 0.1) is 22.7 Å². The molecule has 0 saturated heterocycles. The van der Waals surface area contributed by atoms with Gasteiger partial charge in [-0.15, -0.1) is 11.3 Å². The van der Waals surface area contributed by atoms with Gasteiger partial charge < -0.3 is 4.57 Å². The lowest BCUT2D eigenvalue weighted by Gasteiger charge is -2.13. The summed E-state index contributed by atoms with van der Waals surface area (Å²) in [4.78, 5) is 4.46. The van der Waals surface area contributed by atoms with Crippen LogP contribution in [-0.4, -0.2) is 9.55 Å². The van der Waals surface area contributed by atoms with E-state index in [0.29, 0.717) is 16.8 Å². The number of nitrogens with zero attached hydrogens (tertiary/aromatic N) is 4. The molecule has 194 valence electrons. The number of rotatable bonds is 3. The van der Waals surface area contributed by atoms with Gasteiger partial charge in [0.05, 0.1) is 22.3 Å². The lowest BCUT2D eigenvalue weighted by atomic mass is 9.97. The Kier molecular flexibility index (Phi) is 5.40. The summed E-state index contributed by atoms with van der Waals surface area (Å²) in [6, 6.07) is 43.9. The van der Waals surface area contributed by atoms with Crippen LogP contribution in [0.3, 0.4) is 0 Å². The molecule has 0 radical (unpaired) electrons. The van der Waals surface area contributed by atoms with Crippen LogP contribution in [0.1, 0.15) is 11.3 Å². The van der Waals surface area contributed by atoms with Gasteiger partial charge >= 0.3 is 0 Å². The second-order valence-electron chi connectivity index (χ2n) is 10.3. The number of para-hydroxylation sites is 1. The maximum atomic E-state index is 10.4. The Morgan fingerprint density at radius 1 is 0.571 bits per heavy atom. The van der Waals surface area contributed by atoms with Gasteiger partial charge in [0.25, 0.3) is 0 Å². The van der Waals surface area contributed by atoms with Crippen molar-refractivity contribution in [1.29, 1.82) is 10.5 Å². The zero-order chi connectivity index (χ0) is 28.2. The summed E-state index contributed by atoms with van der Waals surface area (Å²) in [6.45, 7) is 0. The fourth-order valence-electron chi connectivity index (χ4n) is 6.00. The van der Waals surface area contributed by atoms with Crippen molar-refractivity contribution in [3.63, 3.8) is 0 Å². The van der Waals surface area contributed by atoms with Crippen molar-refractivity contribution in [2.24, 2.45) is 0 Å². The number of fused-ring (bicyclic) bond motifs is 6. The average molecular weight is 553 g/mol. The number of thiophene rings is 1. The van der Waals surface area contributed by atoms with Gasteiger partial charge in [-0.05, 0) is 53.6 Å². The SMILES string of the molecule is N#Cc1cc(-c2cc(-c3ccccc3)cnc2C#N)ccc1-n1c2ccccc2c2cc3sc4ccccc4c3cc21. The van der Waals surface area contributed by atoms with Crippen LogP contribution < -0.4 is 0 Å². The number of benzene rings is 5. The number of aromatic nitrogens is 2. The lowest BCUT2D eigenvalue weighted by Crippen LogP contribution is -1.99. The summed E-state index contributed by atoms with van der Waals surface area (Å²) in [7, 11) is 0.